The molecule has 0 saturated carbocycles. The summed E-state index contributed by atoms with van der Waals surface area (Å²) in [5, 5.41) is 10.6. The Morgan fingerprint density at radius 3 is 0.826 bits per heavy atom. The largest absolute Gasteiger partial charge is 0.472 e. The number of aliphatic hydroxyl groups is 1. The van der Waals surface area contributed by atoms with Crippen LogP contribution in [0.2, 0.25) is 0 Å². The third-order valence-electron chi connectivity index (χ3n) is 17.2. The number of hydrogen-bond acceptors (Lipinski definition) is 15. The van der Waals surface area contributed by atoms with Crippen molar-refractivity contribution in [3.63, 3.8) is 0 Å². The summed E-state index contributed by atoms with van der Waals surface area (Å²) in [7, 11) is -9.91. The lowest BCUT2D eigenvalue weighted by Crippen LogP contribution is -2.30. The molecule has 0 aromatic rings. The number of aliphatic hydroxyl groups excluding tert-OH is 1. The first-order chi connectivity index (χ1) is 44.3. The zero-order chi connectivity index (χ0) is 68.0. The molecule has 0 aliphatic rings. The Morgan fingerprint density at radius 1 is 0.315 bits per heavy atom. The molecule has 0 rings (SSSR count). The second-order valence-electron chi connectivity index (χ2n) is 27.5. The summed E-state index contributed by atoms with van der Waals surface area (Å²) in [6.45, 7) is 11.8. The van der Waals surface area contributed by atoms with Gasteiger partial charge in [0.15, 0.2) is 12.2 Å². The van der Waals surface area contributed by atoms with Gasteiger partial charge in [-0.05, 0) is 43.4 Å². The maximum atomic E-state index is 13.1. The number of hydrogen-bond donors (Lipinski definition) is 3. The van der Waals surface area contributed by atoms with E-state index in [1.54, 1.807) is 0 Å². The Morgan fingerprint density at radius 2 is 0.554 bits per heavy atom. The molecule has 0 aromatic carbocycles. The standard InChI is InChI=1S/C73H142O17P2/c1-8-10-11-12-13-14-15-16-19-22-27-32-40-47-54-70(75)83-60-68(89-72(77)56-49-42-33-28-23-20-17-18-21-25-30-37-44-51-64(3)4)62-87-91(79,80)85-58-67(74)59-86-92(81,82)88-63-69(61-84-71(76)55-48-41-36-35-39-46-53-66(7)9-2)90-73(78)57-50-43-34-29-24-26-31-38-45-52-65(5)6/h64-69,74H,8-63H2,1-7H3,(H,79,80)(H,81,82)/t66?,67-,68-,69-/m1/s1. The van der Waals surface area contributed by atoms with E-state index in [2.05, 4.69) is 48.5 Å². The van der Waals surface area contributed by atoms with Crippen molar-refractivity contribution in [2.45, 2.75) is 388 Å². The number of carbonyl (C=O) groups is 4. The van der Waals surface area contributed by atoms with Crippen molar-refractivity contribution >= 4 is 39.5 Å². The van der Waals surface area contributed by atoms with Crippen LogP contribution >= 0.6 is 15.6 Å². The molecule has 0 aliphatic carbocycles. The first-order valence-corrected chi connectivity index (χ1v) is 40.9. The van der Waals surface area contributed by atoms with Crippen LogP contribution in [-0.2, 0) is 65.4 Å². The molecule has 0 radical (unpaired) electrons. The van der Waals surface area contributed by atoms with E-state index in [9.17, 15) is 43.2 Å². The minimum absolute atomic E-state index is 0.104. The van der Waals surface area contributed by atoms with Gasteiger partial charge in [0.25, 0.3) is 0 Å². The lowest BCUT2D eigenvalue weighted by Gasteiger charge is -2.21. The first-order valence-electron chi connectivity index (χ1n) is 37.9. The summed E-state index contributed by atoms with van der Waals surface area (Å²) < 4.78 is 68.4. The van der Waals surface area contributed by atoms with E-state index >= 15 is 0 Å². The molecular formula is C73H142O17P2. The summed E-state index contributed by atoms with van der Waals surface area (Å²) in [6, 6.07) is 0. The van der Waals surface area contributed by atoms with E-state index in [4.69, 9.17) is 37.0 Å². The van der Waals surface area contributed by atoms with E-state index in [1.807, 2.05) is 0 Å². The van der Waals surface area contributed by atoms with Gasteiger partial charge in [0.1, 0.15) is 19.3 Å². The van der Waals surface area contributed by atoms with Crippen LogP contribution < -0.4 is 0 Å². The Labute approximate surface area is 562 Å². The van der Waals surface area contributed by atoms with E-state index in [0.29, 0.717) is 25.7 Å². The predicted octanol–water partition coefficient (Wildman–Crippen LogP) is 21.0. The van der Waals surface area contributed by atoms with Crippen LogP contribution in [0.15, 0.2) is 0 Å². The van der Waals surface area contributed by atoms with E-state index < -0.39 is 97.5 Å². The van der Waals surface area contributed by atoms with E-state index in [1.165, 1.54) is 173 Å². The molecule has 0 spiro atoms. The minimum Gasteiger partial charge on any atom is -0.462 e. The number of phosphoric ester groups is 2. The molecule has 0 bridgehead atoms. The molecule has 0 amide bonds. The van der Waals surface area contributed by atoms with Crippen LogP contribution in [0, 0.1) is 17.8 Å². The van der Waals surface area contributed by atoms with Crippen molar-refractivity contribution in [1.82, 2.24) is 0 Å². The fraction of sp³-hybridized carbons (Fsp3) is 0.945. The first kappa shape index (κ1) is 90.1. The minimum atomic E-state index is -4.96. The topological polar surface area (TPSA) is 237 Å². The molecular weight excluding hydrogens is 1210 g/mol. The molecule has 17 nitrogen and oxygen atoms in total. The maximum absolute atomic E-state index is 13.1. The smallest absolute Gasteiger partial charge is 0.462 e. The van der Waals surface area contributed by atoms with Crippen molar-refractivity contribution in [3.05, 3.63) is 0 Å². The number of phosphoric acid groups is 2. The van der Waals surface area contributed by atoms with Gasteiger partial charge in [-0.25, -0.2) is 9.13 Å². The fourth-order valence-electron chi connectivity index (χ4n) is 11.0. The van der Waals surface area contributed by atoms with Gasteiger partial charge in [0, 0.05) is 25.7 Å². The molecule has 0 saturated heterocycles. The molecule has 19 heteroatoms. The van der Waals surface area contributed by atoms with Crippen LogP contribution in [-0.4, -0.2) is 96.7 Å². The van der Waals surface area contributed by atoms with Gasteiger partial charge in [0.05, 0.1) is 26.4 Å². The zero-order valence-electron chi connectivity index (χ0n) is 60.0. The van der Waals surface area contributed by atoms with Crippen molar-refractivity contribution in [2.24, 2.45) is 17.8 Å². The Kier molecular flexibility index (Phi) is 62.4. The van der Waals surface area contributed by atoms with Crippen molar-refractivity contribution in [1.29, 1.82) is 0 Å². The number of esters is 4. The lowest BCUT2D eigenvalue weighted by atomic mass is 10.00. The van der Waals surface area contributed by atoms with Crippen molar-refractivity contribution < 1.29 is 80.2 Å². The van der Waals surface area contributed by atoms with Crippen molar-refractivity contribution in [3.8, 4) is 0 Å². The summed E-state index contributed by atoms with van der Waals surface area (Å²) in [4.78, 5) is 72.7. The van der Waals surface area contributed by atoms with Crippen LogP contribution in [0.25, 0.3) is 0 Å². The predicted molar refractivity (Wildman–Crippen MR) is 372 cm³/mol. The van der Waals surface area contributed by atoms with Crippen LogP contribution in [0.4, 0.5) is 0 Å². The molecule has 3 unspecified atom stereocenters. The van der Waals surface area contributed by atoms with Gasteiger partial charge in [-0.2, -0.15) is 0 Å². The maximum Gasteiger partial charge on any atom is 0.472 e. The summed E-state index contributed by atoms with van der Waals surface area (Å²) in [5.74, 6) is 0.131. The highest BCUT2D eigenvalue weighted by Crippen LogP contribution is 2.45. The van der Waals surface area contributed by atoms with Crippen molar-refractivity contribution in [2.75, 3.05) is 39.6 Å². The molecule has 92 heavy (non-hydrogen) atoms. The molecule has 3 N–H and O–H groups in total. The van der Waals surface area contributed by atoms with E-state index in [0.717, 1.165) is 114 Å². The SMILES string of the molecule is CCCCCCCCCCCCCCCCC(=O)OC[C@H](COP(=O)(O)OC[C@@H](O)COP(=O)(O)OC[C@@H](COC(=O)CCCCCCCCC(C)CC)OC(=O)CCCCCCCCCCCC(C)C)OC(=O)CCCCCCCCCCCCCCCC(C)C. The van der Waals surface area contributed by atoms with Crippen LogP contribution in [0.3, 0.4) is 0 Å². The summed E-state index contributed by atoms with van der Waals surface area (Å²) in [6.07, 6.45) is 48.5. The Balaban J connectivity index is 5.26. The van der Waals surface area contributed by atoms with Gasteiger partial charge in [0.2, 0.25) is 0 Å². The highest BCUT2D eigenvalue weighted by Gasteiger charge is 2.30. The summed E-state index contributed by atoms with van der Waals surface area (Å²) in [5.41, 5.74) is 0. The second kappa shape index (κ2) is 63.8. The third kappa shape index (κ3) is 65.4. The van der Waals surface area contributed by atoms with Gasteiger partial charge in [-0.1, -0.05) is 318 Å². The van der Waals surface area contributed by atoms with Gasteiger partial charge in [-0.3, -0.25) is 37.3 Å². The van der Waals surface area contributed by atoms with Gasteiger partial charge >= 0.3 is 39.5 Å². The quantitative estimate of drug-likeness (QED) is 0.0222. The molecule has 546 valence electrons. The van der Waals surface area contributed by atoms with E-state index in [-0.39, 0.29) is 25.7 Å². The average molecular weight is 1350 g/mol. The number of unbranched alkanes of at least 4 members (excludes halogenated alkanes) is 38. The monoisotopic (exact) mass is 1350 g/mol. The number of carbonyl (C=O) groups excluding carboxylic acids is 4. The summed E-state index contributed by atoms with van der Waals surface area (Å²) >= 11 is 0. The normalized spacial score (nSPS) is 14.4. The molecule has 0 aliphatic heterocycles. The molecule has 0 heterocycles. The average Bonchev–Trinajstić information content (AvgIpc) is 1.57. The molecule has 0 fully saturated rings. The Bertz CT molecular complexity index is 1800. The molecule has 0 aromatic heterocycles. The number of rotatable bonds is 71. The molecule has 6 atom stereocenters. The van der Waals surface area contributed by atoms with Crippen LogP contribution in [0.1, 0.15) is 370 Å². The highest BCUT2D eigenvalue weighted by atomic mass is 31.2. The number of ether oxygens (including phenoxy) is 4. The van der Waals surface area contributed by atoms with Gasteiger partial charge < -0.3 is 33.8 Å². The highest BCUT2D eigenvalue weighted by molar-refractivity contribution is 7.47. The second-order valence-corrected chi connectivity index (χ2v) is 30.4. The van der Waals surface area contributed by atoms with Crippen LogP contribution in [0.5, 0.6) is 0 Å². The zero-order valence-corrected chi connectivity index (χ0v) is 61.8. The van der Waals surface area contributed by atoms with Gasteiger partial charge in [-0.15, -0.1) is 0 Å². The third-order valence-corrected chi connectivity index (χ3v) is 19.1. The lowest BCUT2D eigenvalue weighted by molar-refractivity contribution is -0.161. The fourth-order valence-corrected chi connectivity index (χ4v) is 12.6. The Hall–Kier alpha value is -1.94.